The Bertz CT molecular complexity index is 1030. The molecule has 0 spiro atoms. The van der Waals surface area contributed by atoms with Gasteiger partial charge in [-0.3, -0.25) is 10.2 Å². The van der Waals surface area contributed by atoms with Crippen molar-refractivity contribution in [2.24, 2.45) is 0 Å². The van der Waals surface area contributed by atoms with Crippen molar-refractivity contribution in [2.45, 2.75) is 0 Å². The second-order valence-electron chi connectivity index (χ2n) is 5.46. The molecule has 0 aliphatic rings. The van der Waals surface area contributed by atoms with Gasteiger partial charge in [0.1, 0.15) is 17.8 Å². The highest BCUT2D eigenvalue weighted by molar-refractivity contribution is 6.03. The molecule has 5 nitrogen and oxygen atoms in total. The maximum atomic E-state index is 12.7. The summed E-state index contributed by atoms with van der Waals surface area (Å²) in [6.07, 6.45) is 1.59. The number of nitrogens with one attached hydrogen (secondary N) is 1. The molecular weight excluding hydrogens is 314 g/mol. The molecule has 0 atom stereocenters. The molecule has 1 N–H and O–H groups in total. The normalized spacial score (nSPS) is 10.6. The Kier molecular flexibility index (Phi) is 3.88. The van der Waals surface area contributed by atoms with Crippen molar-refractivity contribution in [3.8, 4) is 11.5 Å². The number of hydrogen-bond donors (Lipinski definition) is 1. The van der Waals surface area contributed by atoms with Gasteiger partial charge in [-0.05, 0) is 36.4 Å². The molecule has 5 heteroatoms. The zero-order valence-corrected chi connectivity index (χ0v) is 13.3. The smallest absolute Gasteiger partial charge is 0.273 e. The Balaban J connectivity index is 1.62. The van der Waals surface area contributed by atoms with E-state index in [1.165, 1.54) is 0 Å². The fourth-order valence-electron chi connectivity index (χ4n) is 2.58. The summed E-state index contributed by atoms with van der Waals surface area (Å²) in [6, 6.07) is 24.1. The summed E-state index contributed by atoms with van der Waals surface area (Å²) >= 11 is 0. The van der Waals surface area contributed by atoms with Gasteiger partial charge in [-0.15, -0.1) is 0 Å². The van der Waals surface area contributed by atoms with E-state index in [0.29, 0.717) is 17.1 Å². The van der Waals surface area contributed by atoms with Crippen molar-refractivity contribution in [3.63, 3.8) is 0 Å². The average Bonchev–Trinajstić information content (AvgIpc) is 3.06. The van der Waals surface area contributed by atoms with Gasteiger partial charge >= 0.3 is 0 Å². The van der Waals surface area contributed by atoms with Crippen LogP contribution in [0.25, 0.3) is 11.0 Å². The van der Waals surface area contributed by atoms with Crippen LogP contribution in [-0.4, -0.2) is 15.6 Å². The van der Waals surface area contributed by atoms with Gasteiger partial charge in [-0.1, -0.05) is 42.5 Å². The molecule has 1 amide bonds. The maximum Gasteiger partial charge on any atom is 0.273 e. The lowest BCUT2D eigenvalue weighted by Crippen LogP contribution is -2.22. The quantitative estimate of drug-likeness (QED) is 0.610. The Morgan fingerprint density at radius 1 is 0.880 bits per heavy atom. The molecule has 1 aromatic heterocycles. The van der Waals surface area contributed by atoms with Crippen LogP contribution in [0.2, 0.25) is 0 Å². The van der Waals surface area contributed by atoms with Crippen LogP contribution in [0.1, 0.15) is 10.4 Å². The fourth-order valence-corrected chi connectivity index (χ4v) is 2.58. The van der Waals surface area contributed by atoms with E-state index in [0.717, 1.165) is 11.0 Å². The van der Waals surface area contributed by atoms with Crippen LogP contribution < -0.4 is 10.2 Å². The van der Waals surface area contributed by atoms with E-state index >= 15 is 0 Å². The molecule has 4 rings (SSSR count). The zero-order valence-electron chi connectivity index (χ0n) is 13.3. The number of hydrogen-bond acceptors (Lipinski definition) is 3. The molecule has 0 saturated carbocycles. The molecule has 0 bridgehead atoms. The highest BCUT2D eigenvalue weighted by atomic mass is 16.5. The Morgan fingerprint density at radius 3 is 2.48 bits per heavy atom. The Labute approximate surface area is 144 Å². The number of ether oxygens (including phenoxy) is 1. The number of carbonyl (C=O) groups excluding carboxylic acids is 1. The summed E-state index contributed by atoms with van der Waals surface area (Å²) in [5.41, 5.74) is 4.94. The summed E-state index contributed by atoms with van der Waals surface area (Å²) < 4.78 is 7.46. The fraction of sp³-hybridized carbons (Fsp3) is 0. The van der Waals surface area contributed by atoms with Gasteiger partial charge < -0.3 is 4.74 Å². The van der Waals surface area contributed by atoms with Crippen LogP contribution in [0.3, 0.4) is 0 Å². The van der Waals surface area contributed by atoms with Crippen molar-refractivity contribution >= 4 is 16.9 Å². The first-order chi connectivity index (χ1) is 12.3. The van der Waals surface area contributed by atoms with E-state index in [4.69, 9.17) is 4.74 Å². The number of fused-ring (bicyclic) bond motifs is 1. The minimum Gasteiger partial charge on any atom is -0.457 e. The van der Waals surface area contributed by atoms with Crippen molar-refractivity contribution in [3.05, 3.63) is 90.8 Å². The SMILES string of the molecule is O=C(Nn1cnc2ccccc21)c1ccccc1Oc1ccccc1. The lowest BCUT2D eigenvalue weighted by Gasteiger charge is -2.12. The highest BCUT2D eigenvalue weighted by Gasteiger charge is 2.14. The van der Waals surface area contributed by atoms with Gasteiger partial charge in [-0.25, -0.2) is 9.66 Å². The Morgan fingerprint density at radius 2 is 1.60 bits per heavy atom. The van der Waals surface area contributed by atoms with Crippen LogP contribution in [0, 0.1) is 0 Å². The van der Waals surface area contributed by atoms with Gasteiger partial charge in [-0.2, -0.15) is 0 Å². The number of amides is 1. The lowest BCUT2D eigenvalue weighted by atomic mass is 10.2. The molecule has 0 saturated heterocycles. The number of aromatic nitrogens is 2. The van der Waals surface area contributed by atoms with Gasteiger partial charge in [0.25, 0.3) is 5.91 Å². The molecular formula is C20H15N3O2. The molecule has 4 aromatic rings. The molecule has 0 unspecified atom stereocenters. The first kappa shape index (κ1) is 15.0. The molecule has 0 aliphatic heterocycles. The van der Waals surface area contributed by atoms with E-state index in [2.05, 4.69) is 10.4 Å². The van der Waals surface area contributed by atoms with Gasteiger partial charge in [0, 0.05) is 0 Å². The summed E-state index contributed by atoms with van der Waals surface area (Å²) in [4.78, 5) is 17.0. The topological polar surface area (TPSA) is 56.2 Å². The predicted octanol–water partition coefficient (Wildman–Crippen LogP) is 4.21. The van der Waals surface area contributed by atoms with E-state index in [-0.39, 0.29) is 5.91 Å². The number of carbonyl (C=O) groups is 1. The molecule has 3 aromatic carbocycles. The van der Waals surface area contributed by atoms with Crippen LogP contribution >= 0.6 is 0 Å². The van der Waals surface area contributed by atoms with Crippen LogP contribution in [-0.2, 0) is 0 Å². The monoisotopic (exact) mass is 329 g/mol. The van der Waals surface area contributed by atoms with Crippen molar-refractivity contribution < 1.29 is 9.53 Å². The molecule has 122 valence electrons. The Hall–Kier alpha value is -3.60. The van der Waals surface area contributed by atoms with Crippen molar-refractivity contribution in [1.29, 1.82) is 0 Å². The molecule has 0 fully saturated rings. The first-order valence-corrected chi connectivity index (χ1v) is 7.86. The standard InChI is InChI=1S/C20H15N3O2/c24-20(22-23-14-21-17-11-5-6-12-18(17)23)16-10-4-7-13-19(16)25-15-8-2-1-3-9-15/h1-14H,(H,22,24). The average molecular weight is 329 g/mol. The van der Waals surface area contributed by atoms with Gasteiger partial charge in [0.15, 0.2) is 0 Å². The third-order valence-electron chi connectivity index (χ3n) is 3.78. The van der Waals surface area contributed by atoms with Crippen molar-refractivity contribution in [2.75, 3.05) is 5.43 Å². The summed E-state index contributed by atoms with van der Waals surface area (Å²) in [7, 11) is 0. The highest BCUT2D eigenvalue weighted by Crippen LogP contribution is 2.25. The largest absolute Gasteiger partial charge is 0.457 e. The second kappa shape index (κ2) is 6.49. The number of benzene rings is 3. The molecule has 0 aliphatic carbocycles. The van der Waals surface area contributed by atoms with Crippen LogP contribution in [0.5, 0.6) is 11.5 Å². The molecule has 25 heavy (non-hydrogen) atoms. The number of rotatable bonds is 4. The zero-order chi connectivity index (χ0) is 17.1. The lowest BCUT2D eigenvalue weighted by molar-refractivity contribution is 0.101. The predicted molar refractivity (Wildman–Crippen MR) is 96.4 cm³/mol. The third-order valence-corrected chi connectivity index (χ3v) is 3.78. The van der Waals surface area contributed by atoms with E-state index in [1.54, 1.807) is 29.2 Å². The minimum atomic E-state index is -0.269. The maximum absolute atomic E-state index is 12.7. The summed E-state index contributed by atoms with van der Waals surface area (Å²) in [6.45, 7) is 0. The first-order valence-electron chi connectivity index (χ1n) is 7.86. The summed E-state index contributed by atoms with van der Waals surface area (Å²) in [5, 5.41) is 0. The van der Waals surface area contributed by atoms with E-state index < -0.39 is 0 Å². The van der Waals surface area contributed by atoms with E-state index in [1.807, 2.05) is 60.7 Å². The summed E-state index contributed by atoms with van der Waals surface area (Å²) in [5.74, 6) is 0.904. The minimum absolute atomic E-state index is 0.269. The van der Waals surface area contributed by atoms with Gasteiger partial charge in [0.2, 0.25) is 0 Å². The van der Waals surface area contributed by atoms with Gasteiger partial charge in [0.05, 0.1) is 16.6 Å². The van der Waals surface area contributed by atoms with E-state index in [9.17, 15) is 4.79 Å². The second-order valence-corrected chi connectivity index (χ2v) is 5.46. The third kappa shape index (κ3) is 3.07. The molecule has 1 heterocycles. The number of imidazole rings is 1. The number of nitrogens with zero attached hydrogens (tertiary/aromatic N) is 2. The van der Waals surface area contributed by atoms with Crippen molar-refractivity contribution in [1.82, 2.24) is 9.66 Å². The van der Waals surface area contributed by atoms with Crippen LogP contribution in [0.4, 0.5) is 0 Å². The van der Waals surface area contributed by atoms with Crippen LogP contribution in [0.15, 0.2) is 85.2 Å². The molecule has 0 radical (unpaired) electrons. The number of para-hydroxylation sites is 4.